The van der Waals surface area contributed by atoms with Gasteiger partial charge in [0, 0.05) is 6.42 Å². The van der Waals surface area contributed by atoms with Crippen LogP contribution in [0.15, 0.2) is 36.2 Å². The van der Waals surface area contributed by atoms with Crippen molar-refractivity contribution in [3.8, 4) is 5.75 Å². The molecule has 1 aliphatic carbocycles. The Kier molecular flexibility index (Phi) is 5.76. The second-order valence-electron chi connectivity index (χ2n) is 6.00. The molecule has 120 valence electrons. The molecule has 0 heterocycles. The van der Waals surface area contributed by atoms with Crippen molar-refractivity contribution < 1.29 is 13.9 Å². The smallest absolute Gasteiger partial charge is 0.143 e. The molecule has 0 N–H and O–H groups in total. The first-order chi connectivity index (χ1) is 10.7. The summed E-state index contributed by atoms with van der Waals surface area (Å²) < 4.78 is 18.1. The largest absolute Gasteiger partial charge is 0.489 e. The van der Waals surface area contributed by atoms with Crippen LogP contribution >= 0.6 is 0 Å². The van der Waals surface area contributed by atoms with Crippen molar-refractivity contribution in [2.24, 2.45) is 0 Å². The molecule has 2 nitrogen and oxygen atoms in total. The first-order valence-corrected chi connectivity index (χ1v) is 8.21. The molecular weight excluding hydrogens is 279 g/mol. The second-order valence-corrected chi connectivity index (χ2v) is 6.00. The number of benzene rings is 1. The standard InChI is InChI=1S/C19H25FO2/c1-3-15(13-20)14-22-17-9-7-16(8-10-17)19(18(21)4-2)11-5-6-12-19/h7-10,13H,3-6,11-12,14H2,1-2H3/b15-13+. The van der Waals surface area contributed by atoms with Crippen LogP contribution in [0.1, 0.15) is 57.9 Å². The molecule has 1 aliphatic rings. The Morgan fingerprint density at radius 1 is 1.18 bits per heavy atom. The van der Waals surface area contributed by atoms with Gasteiger partial charge >= 0.3 is 0 Å². The lowest BCUT2D eigenvalue weighted by molar-refractivity contribution is -0.124. The van der Waals surface area contributed by atoms with Crippen molar-refractivity contribution in [1.29, 1.82) is 0 Å². The molecule has 1 saturated carbocycles. The maximum Gasteiger partial charge on any atom is 0.143 e. The van der Waals surface area contributed by atoms with Crippen LogP contribution in [0.5, 0.6) is 5.75 Å². The van der Waals surface area contributed by atoms with Crippen molar-refractivity contribution >= 4 is 5.78 Å². The number of rotatable bonds is 7. The minimum atomic E-state index is -0.291. The van der Waals surface area contributed by atoms with Crippen LogP contribution in [-0.4, -0.2) is 12.4 Å². The van der Waals surface area contributed by atoms with Crippen LogP contribution in [0, 0.1) is 0 Å². The van der Waals surface area contributed by atoms with E-state index < -0.39 is 0 Å². The average Bonchev–Trinajstić information content (AvgIpc) is 3.06. The zero-order valence-electron chi connectivity index (χ0n) is 13.5. The van der Waals surface area contributed by atoms with Crippen molar-refractivity contribution in [2.75, 3.05) is 6.61 Å². The van der Waals surface area contributed by atoms with Crippen molar-refractivity contribution in [2.45, 2.75) is 57.8 Å². The third-order valence-corrected chi connectivity index (χ3v) is 4.75. The highest BCUT2D eigenvalue weighted by molar-refractivity contribution is 5.90. The first kappa shape index (κ1) is 16.7. The minimum Gasteiger partial charge on any atom is -0.489 e. The van der Waals surface area contributed by atoms with Crippen LogP contribution in [0.4, 0.5) is 4.39 Å². The van der Waals surface area contributed by atoms with E-state index in [1.165, 1.54) is 0 Å². The molecule has 0 aliphatic heterocycles. The summed E-state index contributed by atoms with van der Waals surface area (Å²) >= 11 is 0. The second kappa shape index (κ2) is 7.57. The fourth-order valence-electron chi connectivity index (χ4n) is 3.30. The fraction of sp³-hybridized carbons (Fsp3) is 0.526. The lowest BCUT2D eigenvalue weighted by atomic mass is 9.74. The number of ether oxygens (including phenoxy) is 1. The first-order valence-electron chi connectivity index (χ1n) is 8.21. The van der Waals surface area contributed by atoms with Gasteiger partial charge in [-0.25, -0.2) is 4.39 Å². The van der Waals surface area contributed by atoms with E-state index in [2.05, 4.69) is 0 Å². The monoisotopic (exact) mass is 304 g/mol. The Morgan fingerprint density at radius 2 is 1.82 bits per heavy atom. The SMILES string of the molecule is CCC(=O)C1(c2ccc(OC/C(=C/F)CC)cc2)CCCC1. The number of Topliss-reactive ketones (excluding diaryl/α,β-unsaturated/α-hetero) is 1. The van der Waals surface area contributed by atoms with Gasteiger partial charge in [0.2, 0.25) is 0 Å². The van der Waals surface area contributed by atoms with Crippen LogP contribution in [0.3, 0.4) is 0 Å². The topological polar surface area (TPSA) is 26.3 Å². The molecular formula is C19H25FO2. The van der Waals surface area contributed by atoms with Crippen molar-refractivity contribution in [3.63, 3.8) is 0 Å². The number of ketones is 1. The van der Waals surface area contributed by atoms with E-state index in [9.17, 15) is 9.18 Å². The van der Waals surface area contributed by atoms with Gasteiger partial charge in [0.15, 0.2) is 0 Å². The van der Waals surface area contributed by atoms with Gasteiger partial charge in [-0.2, -0.15) is 0 Å². The Bertz CT molecular complexity index is 525. The Morgan fingerprint density at radius 3 is 2.32 bits per heavy atom. The Hall–Kier alpha value is -1.64. The lowest BCUT2D eigenvalue weighted by Crippen LogP contribution is -2.32. The summed E-state index contributed by atoms with van der Waals surface area (Å²) in [5.41, 5.74) is 1.44. The number of halogens is 1. The lowest BCUT2D eigenvalue weighted by Gasteiger charge is -2.27. The molecule has 0 bridgehead atoms. The zero-order valence-corrected chi connectivity index (χ0v) is 13.5. The van der Waals surface area contributed by atoms with E-state index >= 15 is 0 Å². The fourth-order valence-corrected chi connectivity index (χ4v) is 3.30. The maximum atomic E-state index is 12.5. The molecule has 0 atom stereocenters. The molecule has 0 aromatic heterocycles. The predicted octanol–water partition coefficient (Wildman–Crippen LogP) is 5.12. The summed E-state index contributed by atoms with van der Waals surface area (Å²) in [7, 11) is 0. The molecule has 0 unspecified atom stereocenters. The average molecular weight is 304 g/mol. The molecule has 2 rings (SSSR count). The van der Waals surface area contributed by atoms with Crippen LogP contribution < -0.4 is 4.74 Å². The van der Waals surface area contributed by atoms with E-state index in [1.807, 2.05) is 38.1 Å². The highest BCUT2D eigenvalue weighted by Gasteiger charge is 2.41. The number of hydrogen-bond acceptors (Lipinski definition) is 2. The van der Waals surface area contributed by atoms with Crippen LogP contribution in [0.2, 0.25) is 0 Å². The Balaban J connectivity index is 2.12. The quantitative estimate of drug-likeness (QED) is 0.699. The molecule has 0 spiro atoms. The normalized spacial score (nSPS) is 17.5. The number of carbonyl (C=O) groups is 1. The van der Waals surface area contributed by atoms with Gasteiger partial charge in [-0.1, -0.05) is 38.8 Å². The predicted molar refractivity (Wildman–Crippen MR) is 86.9 cm³/mol. The summed E-state index contributed by atoms with van der Waals surface area (Å²) in [5.74, 6) is 1.06. The van der Waals surface area contributed by atoms with E-state index in [4.69, 9.17) is 4.74 Å². The van der Waals surface area contributed by atoms with E-state index in [0.29, 0.717) is 36.3 Å². The summed E-state index contributed by atoms with van der Waals surface area (Å²) in [6, 6.07) is 7.78. The summed E-state index contributed by atoms with van der Waals surface area (Å²) in [6.07, 6.45) is 5.97. The zero-order chi connectivity index (χ0) is 16.0. The van der Waals surface area contributed by atoms with Gasteiger partial charge in [-0.05, 0) is 42.5 Å². The third kappa shape index (κ3) is 3.40. The van der Waals surface area contributed by atoms with Gasteiger partial charge in [-0.15, -0.1) is 0 Å². The van der Waals surface area contributed by atoms with E-state index in [-0.39, 0.29) is 12.0 Å². The number of hydrogen-bond donors (Lipinski definition) is 0. The Labute approximate surface area is 132 Å². The van der Waals surface area contributed by atoms with Crippen LogP contribution in [-0.2, 0) is 10.2 Å². The van der Waals surface area contributed by atoms with E-state index in [0.717, 1.165) is 31.2 Å². The van der Waals surface area contributed by atoms with Gasteiger partial charge in [0.05, 0.1) is 11.7 Å². The molecule has 0 saturated heterocycles. The van der Waals surface area contributed by atoms with Crippen molar-refractivity contribution in [1.82, 2.24) is 0 Å². The van der Waals surface area contributed by atoms with Gasteiger partial charge in [0.25, 0.3) is 0 Å². The highest BCUT2D eigenvalue weighted by Crippen LogP contribution is 2.43. The molecule has 0 amide bonds. The molecule has 1 aromatic carbocycles. The summed E-state index contributed by atoms with van der Waals surface area (Å²) in [5, 5.41) is 0. The maximum absolute atomic E-state index is 12.5. The van der Waals surface area contributed by atoms with Crippen molar-refractivity contribution in [3.05, 3.63) is 41.7 Å². The summed E-state index contributed by atoms with van der Waals surface area (Å²) in [4.78, 5) is 12.4. The van der Waals surface area contributed by atoms with E-state index in [1.54, 1.807) is 0 Å². The molecule has 1 fully saturated rings. The van der Waals surface area contributed by atoms with Gasteiger partial charge in [0.1, 0.15) is 18.1 Å². The highest BCUT2D eigenvalue weighted by atomic mass is 19.1. The molecule has 3 heteroatoms. The number of carbonyl (C=O) groups excluding carboxylic acids is 1. The van der Waals surface area contributed by atoms with Gasteiger partial charge < -0.3 is 4.74 Å². The molecule has 1 aromatic rings. The molecule has 0 radical (unpaired) electrons. The summed E-state index contributed by atoms with van der Waals surface area (Å²) in [6.45, 7) is 4.11. The molecule has 22 heavy (non-hydrogen) atoms. The minimum absolute atomic E-state index is 0.269. The van der Waals surface area contributed by atoms with Crippen LogP contribution in [0.25, 0.3) is 0 Å². The third-order valence-electron chi connectivity index (χ3n) is 4.75. The van der Waals surface area contributed by atoms with Gasteiger partial charge in [-0.3, -0.25) is 4.79 Å².